The molecule has 2 N–H and O–H groups in total. The van der Waals surface area contributed by atoms with Crippen molar-refractivity contribution in [2.24, 2.45) is 0 Å². The van der Waals surface area contributed by atoms with Crippen LogP contribution in [0, 0.1) is 0 Å². The molecule has 7 heteroatoms. The smallest absolute Gasteiger partial charge is 0.416 e. The molecule has 0 saturated carbocycles. The third-order valence-electron chi connectivity index (χ3n) is 4.05. The zero-order valence-corrected chi connectivity index (χ0v) is 15.8. The first-order chi connectivity index (χ1) is 13.4. The van der Waals surface area contributed by atoms with Crippen LogP contribution in [0.4, 0.5) is 24.5 Å². The molecular weight excluding hydrogens is 369 g/mol. The quantitative estimate of drug-likeness (QED) is 0.507. The molecule has 2 aromatic carbocycles. The molecule has 0 aliphatic heterocycles. The first-order valence-electron chi connectivity index (χ1n) is 9.32. The number of benzene rings is 2. The Kier molecular flexibility index (Phi) is 8.17. The number of carbonyl (C=O) groups excluding carboxylic acids is 1. The SMILES string of the molecule is CCCCCCOc1ccc(NC(=O)CNc2cccc(C(F)(F)F)c2)cc1. The summed E-state index contributed by atoms with van der Waals surface area (Å²) in [5.74, 6) is 0.377. The first kappa shape index (κ1) is 21.6. The summed E-state index contributed by atoms with van der Waals surface area (Å²) in [6.45, 7) is 2.67. The average Bonchev–Trinajstić information content (AvgIpc) is 2.67. The van der Waals surface area contributed by atoms with Crippen LogP contribution in [-0.2, 0) is 11.0 Å². The summed E-state index contributed by atoms with van der Waals surface area (Å²) in [5, 5.41) is 5.39. The molecule has 152 valence electrons. The van der Waals surface area contributed by atoms with Gasteiger partial charge in [0.1, 0.15) is 5.75 Å². The molecule has 2 rings (SSSR count). The molecule has 0 aromatic heterocycles. The molecule has 0 heterocycles. The third kappa shape index (κ3) is 7.50. The lowest BCUT2D eigenvalue weighted by Crippen LogP contribution is -2.21. The highest BCUT2D eigenvalue weighted by atomic mass is 19.4. The summed E-state index contributed by atoms with van der Waals surface area (Å²) >= 11 is 0. The number of nitrogens with one attached hydrogen (secondary N) is 2. The Morgan fingerprint density at radius 2 is 1.75 bits per heavy atom. The molecule has 0 spiro atoms. The standard InChI is InChI=1S/C21H25F3N2O2/c1-2-3-4-5-13-28-19-11-9-17(10-12-19)26-20(27)15-25-18-8-6-7-16(14-18)21(22,23)24/h6-12,14,25H,2-5,13,15H2,1H3,(H,26,27). The van der Waals surface area contributed by atoms with E-state index in [0.717, 1.165) is 30.7 Å². The van der Waals surface area contributed by atoms with E-state index in [0.29, 0.717) is 12.3 Å². The molecule has 0 bridgehead atoms. The van der Waals surface area contributed by atoms with Gasteiger partial charge in [-0.15, -0.1) is 0 Å². The number of hydrogen-bond acceptors (Lipinski definition) is 3. The number of unbranched alkanes of at least 4 members (excludes halogenated alkanes) is 3. The van der Waals surface area contributed by atoms with Crippen molar-refractivity contribution in [1.29, 1.82) is 0 Å². The number of anilines is 2. The van der Waals surface area contributed by atoms with Gasteiger partial charge in [0.15, 0.2) is 0 Å². The molecule has 0 saturated heterocycles. The van der Waals surface area contributed by atoms with Gasteiger partial charge in [0, 0.05) is 11.4 Å². The normalized spacial score (nSPS) is 11.1. The van der Waals surface area contributed by atoms with E-state index in [-0.39, 0.29) is 18.1 Å². The Balaban J connectivity index is 1.77. The lowest BCUT2D eigenvalue weighted by Gasteiger charge is -2.11. The molecule has 28 heavy (non-hydrogen) atoms. The summed E-state index contributed by atoms with van der Waals surface area (Å²) in [6.07, 6.45) is 0.108. The van der Waals surface area contributed by atoms with Crippen LogP contribution in [0.1, 0.15) is 38.2 Å². The minimum Gasteiger partial charge on any atom is -0.494 e. The van der Waals surface area contributed by atoms with Crippen LogP contribution in [-0.4, -0.2) is 19.1 Å². The van der Waals surface area contributed by atoms with E-state index in [4.69, 9.17) is 4.74 Å². The van der Waals surface area contributed by atoms with Gasteiger partial charge in [0.05, 0.1) is 18.7 Å². The van der Waals surface area contributed by atoms with Crippen molar-refractivity contribution in [2.75, 3.05) is 23.8 Å². The van der Waals surface area contributed by atoms with Gasteiger partial charge < -0.3 is 15.4 Å². The van der Waals surface area contributed by atoms with Gasteiger partial charge in [0.2, 0.25) is 5.91 Å². The lowest BCUT2D eigenvalue weighted by molar-refractivity contribution is -0.137. The van der Waals surface area contributed by atoms with Crippen LogP contribution in [0.3, 0.4) is 0 Å². The highest BCUT2D eigenvalue weighted by Gasteiger charge is 2.30. The zero-order valence-electron chi connectivity index (χ0n) is 15.8. The first-order valence-corrected chi connectivity index (χ1v) is 9.32. The second-order valence-corrected chi connectivity index (χ2v) is 6.41. The van der Waals surface area contributed by atoms with Crippen molar-refractivity contribution in [3.05, 3.63) is 54.1 Å². The minimum absolute atomic E-state index is 0.142. The maximum atomic E-state index is 12.7. The molecule has 4 nitrogen and oxygen atoms in total. The molecular formula is C21H25F3N2O2. The fraction of sp³-hybridized carbons (Fsp3) is 0.381. The fourth-order valence-electron chi connectivity index (χ4n) is 2.55. The second-order valence-electron chi connectivity index (χ2n) is 6.41. The Morgan fingerprint density at radius 1 is 1.00 bits per heavy atom. The highest BCUT2D eigenvalue weighted by molar-refractivity contribution is 5.93. The van der Waals surface area contributed by atoms with E-state index >= 15 is 0 Å². The van der Waals surface area contributed by atoms with E-state index in [1.165, 1.54) is 25.0 Å². The number of alkyl halides is 3. The molecule has 0 aliphatic rings. The summed E-state index contributed by atoms with van der Waals surface area (Å²) in [5.41, 5.74) is 0.0640. The van der Waals surface area contributed by atoms with Crippen molar-refractivity contribution in [1.82, 2.24) is 0 Å². The van der Waals surface area contributed by atoms with Crippen LogP contribution in [0.5, 0.6) is 5.75 Å². The van der Waals surface area contributed by atoms with Crippen LogP contribution in [0.2, 0.25) is 0 Å². The fourth-order valence-corrected chi connectivity index (χ4v) is 2.55. The molecule has 2 aromatic rings. The predicted octanol–water partition coefficient (Wildman–Crippen LogP) is 5.72. The van der Waals surface area contributed by atoms with E-state index in [9.17, 15) is 18.0 Å². The Hall–Kier alpha value is -2.70. The molecule has 0 atom stereocenters. The van der Waals surface area contributed by atoms with Crippen LogP contribution >= 0.6 is 0 Å². The topological polar surface area (TPSA) is 50.4 Å². The van der Waals surface area contributed by atoms with Crippen LogP contribution in [0.25, 0.3) is 0 Å². The zero-order chi connectivity index (χ0) is 20.4. The molecule has 0 unspecified atom stereocenters. The predicted molar refractivity (Wildman–Crippen MR) is 105 cm³/mol. The van der Waals surface area contributed by atoms with Crippen molar-refractivity contribution in [3.8, 4) is 5.75 Å². The van der Waals surface area contributed by atoms with Crippen LogP contribution < -0.4 is 15.4 Å². The van der Waals surface area contributed by atoms with Crippen molar-refractivity contribution < 1.29 is 22.7 Å². The molecule has 0 radical (unpaired) electrons. The lowest BCUT2D eigenvalue weighted by atomic mass is 10.2. The highest BCUT2D eigenvalue weighted by Crippen LogP contribution is 2.30. The van der Waals surface area contributed by atoms with Crippen molar-refractivity contribution in [2.45, 2.75) is 38.8 Å². The number of amides is 1. The number of rotatable bonds is 10. The Morgan fingerprint density at radius 3 is 2.43 bits per heavy atom. The molecule has 0 aliphatic carbocycles. The monoisotopic (exact) mass is 394 g/mol. The Labute approximate surface area is 163 Å². The van der Waals surface area contributed by atoms with Crippen LogP contribution in [0.15, 0.2) is 48.5 Å². The van der Waals surface area contributed by atoms with E-state index in [2.05, 4.69) is 17.6 Å². The van der Waals surface area contributed by atoms with Gasteiger partial charge >= 0.3 is 6.18 Å². The summed E-state index contributed by atoms with van der Waals surface area (Å²) < 4.78 is 43.7. The molecule has 0 fully saturated rings. The van der Waals surface area contributed by atoms with E-state index in [1.807, 2.05) is 0 Å². The van der Waals surface area contributed by atoms with Gasteiger partial charge in [0.25, 0.3) is 0 Å². The molecule has 1 amide bonds. The third-order valence-corrected chi connectivity index (χ3v) is 4.05. The second kappa shape index (κ2) is 10.6. The summed E-state index contributed by atoms with van der Waals surface area (Å²) in [7, 11) is 0. The summed E-state index contributed by atoms with van der Waals surface area (Å²) in [6, 6.07) is 11.7. The maximum Gasteiger partial charge on any atom is 0.416 e. The van der Waals surface area contributed by atoms with Crippen molar-refractivity contribution >= 4 is 17.3 Å². The number of carbonyl (C=O) groups is 1. The van der Waals surface area contributed by atoms with Gasteiger partial charge in [-0.2, -0.15) is 13.2 Å². The number of halogens is 3. The van der Waals surface area contributed by atoms with Gasteiger partial charge in [-0.25, -0.2) is 0 Å². The maximum absolute atomic E-state index is 12.7. The van der Waals surface area contributed by atoms with E-state index in [1.54, 1.807) is 24.3 Å². The largest absolute Gasteiger partial charge is 0.494 e. The van der Waals surface area contributed by atoms with E-state index < -0.39 is 11.7 Å². The number of hydrogen-bond donors (Lipinski definition) is 2. The Bertz CT molecular complexity index is 746. The minimum atomic E-state index is -4.42. The van der Waals surface area contributed by atoms with Gasteiger partial charge in [-0.1, -0.05) is 32.3 Å². The number of ether oxygens (including phenoxy) is 1. The van der Waals surface area contributed by atoms with Crippen molar-refractivity contribution in [3.63, 3.8) is 0 Å². The summed E-state index contributed by atoms with van der Waals surface area (Å²) in [4.78, 5) is 12.0. The average molecular weight is 394 g/mol. The van der Waals surface area contributed by atoms with Gasteiger partial charge in [-0.05, 0) is 48.9 Å². The van der Waals surface area contributed by atoms with Gasteiger partial charge in [-0.3, -0.25) is 4.79 Å².